The molecule has 0 fully saturated rings. The van der Waals surface area contributed by atoms with Crippen molar-refractivity contribution in [2.45, 2.75) is 26.4 Å². The van der Waals surface area contributed by atoms with Gasteiger partial charge >= 0.3 is 6.18 Å². The van der Waals surface area contributed by atoms with Crippen LogP contribution in [0, 0.1) is 11.8 Å². The molecule has 0 saturated heterocycles. The fourth-order valence-corrected chi connectivity index (χ4v) is 3.11. The summed E-state index contributed by atoms with van der Waals surface area (Å²) >= 11 is 0. The fourth-order valence-electron chi connectivity index (χ4n) is 3.11. The second-order valence-electron chi connectivity index (χ2n) is 6.86. The van der Waals surface area contributed by atoms with E-state index in [4.69, 9.17) is 0 Å². The van der Waals surface area contributed by atoms with Crippen LogP contribution in [-0.2, 0) is 0 Å². The highest BCUT2D eigenvalue weighted by atomic mass is 19.4. The van der Waals surface area contributed by atoms with Crippen molar-refractivity contribution in [3.05, 3.63) is 60.1 Å². The van der Waals surface area contributed by atoms with Crippen molar-refractivity contribution in [3.8, 4) is 0 Å². The molecule has 1 heterocycles. The first kappa shape index (κ1) is 25.3. The Bertz CT molecular complexity index is 785. The van der Waals surface area contributed by atoms with Crippen LogP contribution in [0.1, 0.15) is 20.3 Å². The topological polar surface area (TPSA) is 61.1 Å². The molecule has 0 saturated carbocycles. The zero-order valence-electron chi connectivity index (χ0n) is 17.8. The molecule has 0 aromatic heterocycles. The summed E-state index contributed by atoms with van der Waals surface area (Å²) in [5.41, 5.74) is 2.08. The minimum atomic E-state index is -4.52. The molecule has 0 radical (unpaired) electrons. The van der Waals surface area contributed by atoms with Crippen LogP contribution in [0.3, 0.4) is 0 Å². The zero-order chi connectivity index (χ0) is 22.7. The summed E-state index contributed by atoms with van der Waals surface area (Å²) in [6.07, 6.45) is 2.79. The smallest absolute Gasteiger partial charge is 0.350 e. The maximum atomic E-state index is 12.8. The van der Waals surface area contributed by atoms with E-state index < -0.39 is 11.7 Å². The van der Waals surface area contributed by atoms with E-state index in [9.17, 15) is 13.2 Å². The lowest BCUT2D eigenvalue weighted by Gasteiger charge is -2.24. The first-order chi connectivity index (χ1) is 14.2. The number of halogens is 3. The van der Waals surface area contributed by atoms with E-state index in [2.05, 4.69) is 58.5 Å². The molecule has 164 valence electrons. The van der Waals surface area contributed by atoms with Gasteiger partial charge in [0.25, 0.3) is 0 Å². The maximum Gasteiger partial charge on any atom is 0.419 e. The Morgan fingerprint density at radius 1 is 1.40 bits per heavy atom. The van der Waals surface area contributed by atoms with Gasteiger partial charge in [-0.3, -0.25) is 9.98 Å². The van der Waals surface area contributed by atoms with Crippen molar-refractivity contribution >= 4 is 18.8 Å². The highest BCUT2D eigenvalue weighted by Crippen LogP contribution is 2.30. The predicted molar refractivity (Wildman–Crippen MR) is 120 cm³/mol. The van der Waals surface area contributed by atoms with Gasteiger partial charge in [0.05, 0.1) is 5.57 Å². The Kier molecular flexibility index (Phi) is 10.2. The van der Waals surface area contributed by atoms with Gasteiger partial charge in [-0.1, -0.05) is 31.7 Å². The number of likely N-dealkylation sites (N-methyl/N-ethyl adjacent to an activating group) is 1. The molecule has 5 nitrogen and oxygen atoms in total. The Labute approximate surface area is 176 Å². The molecule has 0 aromatic rings. The van der Waals surface area contributed by atoms with Gasteiger partial charge in [-0.15, -0.1) is 0 Å². The Hall–Kier alpha value is -2.74. The molecule has 0 spiro atoms. The molecule has 2 N–H and O–H groups in total. The predicted octanol–water partition coefficient (Wildman–Crippen LogP) is 4.60. The highest BCUT2D eigenvalue weighted by molar-refractivity contribution is 5.90. The fraction of sp³-hybridized carbons (Fsp3) is 0.409. The third-order valence-electron chi connectivity index (χ3n) is 4.89. The summed E-state index contributed by atoms with van der Waals surface area (Å²) in [6.45, 7) is 15.8. The molecule has 0 aliphatic carbocycles. The average Bonchev–Trinajstić information content (AvgIpc) is 3.14. The summed E-state index contributed by atoms with van der Waals surface area (Å²) in [5.74, 6) is 1.07. The standard InChI is InChI=1S/C22H30F3N5/c1-7-29-21-19(9-11-30-21)16(3)17(4)20(14-27-6)15(2)8-10-28-13-18(12-26-5)22(23,24)25/h7,9,11-13,16,19,27H,1-2,5,8,10,14H2,3-4,6H3,(H,29,30)/b18-12+,20-17+,28-13-. The molecular formula is C22H30F3N5. The lowest BCUT2D eigenvalue weighted by molar-refractivity contribution is -0.0857. The minimum absolute atomic E-state index is 0.0894. The van der Waals surface area contributed by atoms with Crippen molar-refractivity contribution in [2.75, 3.05) is 20.1 Å². The van der Waals surface area contributed by atoms with Crippen LogP contribution >= 0.6 is 0 Å². The highest BCUT2D eigenvalue weighted by Gasteiger charge is 2.32. The first-order valence-corrected chi connectivity index (χ1v) is 9.54. The Balaban J connectivity index is 2.94. The average molecular weight is 422 g/mol. The van der Waals surface area contributed by atoms with Gasteiger partial charge in [0, 0.05) is 37.6 Å². The molecule has 1 aliphatic heterocycles. The zero-order valence-corrected chi connectivity index (χ0v) is 17.8. The number of nitrogens with one attached hydrogen (secondary N) is 2. The van der Waals surface area contributed by atoms with Gasteiger partial charge in [0.15, 0.2) is 0 Å². The maximum absolute atomic E-state index is 12.8. The van der Waals surface area contributed by atoms with Crippen LogP contribution < -0.4 is 10.6 Å². The van der Waals surface area contributed by atoms with Gasteiger partial charge in [0.2, 0.25) is 0 Å². The van der Waals surface area contributed by atoms with E-state index in [1.807, 2.05) is 20.2 Å². The van der Waals surface area contributed by atoms with Gasteiger partial charge < -0.3 is 10.6 Å². The lowest BCUT2D eigenvalue weighted by Crippen LogP contribution is -2.26. The number of hydrogen-bond acceptors (Lipinski definition) is 4. The summed E-state index contributed by atoms with van der Waals surface area (Å²) in [4.78, 5) is 11.4. The van der Waals surface area contributed by atoms with Crippen LogP contribution in [0.25, 0.3) is 0 Å². The van der Waals surface area contributed by atoms with E-state index >= 15 is 0 Å². The normalized spacial score (nSPS) is 20.3. The lowest BCUT2D eigenvalue weighted by atomic mass is 9.83. The van der Waals surface area contributed by atoms with Crippen LogP contribution in [0.4, 0.5) is 13.2 Å². The molecule has 0 aromatic carbocycles. The number of aliphatic imine (C=N–C) groups is 3. The van der Waals surface area contributed by atoms with Crippen LogP contribution in [0.15, 0.2) is 75.1 Å². The summed E-state index contributed by atoms with van der Waals surface area (Å²) in [6, 6.07) is 0. The molecule has 1 aliphatic rings. The van der Waals surface area contributed by atoms with E-state index in [0.29, 0.717) is 19.2 Å². The second-order valence-corrected chi connectivity index (χ2v) is 6.86. The van der Waals surface area contributed by atoms with E-state index in [-0.39, 0.29) is 18.4 Å². The van der Waals surface area contributed by atoms with Crippen molar-refractivity contribution in [2.24, 2.45) is 26.8 Å². The molecule has 0 amide bonds. The number of amidine groups is 1. The van der Waals surface area contributed by atoms with Crippen LogP contribution in [-0.4, -0.2) is 45.1 Å². The molecule has 2 atom stereocenters. The molecule has 0 bridgehead atoms. The number of rotatable bonds is 11. The van der Waals surface area contributed by atoms with Gasteiger partial charge in [-0.2, -0.15) is 13.2 Å². The van der Waals surface area contributed by atoms with Crippen molar-refractivity contribution in [1.29, 1.82) is 0 Å². The quantitative estimate of drug-likeness (QED) is 0.378. The van der Waals surface area contributed by atoms with Gasteiger partial charge in [-0.05, 0) is 50.4 Å². The first-order valence-electron chi connectivity index (χ1n) is 9.54. The van der Waals surface area contributed by atoms with Gasteiger partial charge in [-0.25, -0.2) is 4.99 Å². The van der Waals surface area contributed by atoms with E-state index in [1.54, 1.807) is 0 Å². The number of alkyl halides is 3. The van der Waals surface area contributed by atoms with Crippen LogP contribution in [0.2, 0.25) is 0 Å². The van der Waals surface area contributed by atoms with Crippen molar-refractivity contribution < 1.29 is 13.2 Å². The molecular weight excluding hydrogens is 391 g/mol. The van der Waals surface area contributed by atoms with E-state index in [1.165, 1.54) is 6.20 Å². The number of allylic oxidation sites excluding steroid dienone is 2. The summed E-state index contributed by atoms with van der Waals surface area (Å²) in [5, 5.41) is 6.27. The molecule has 1 rings (SSSR count). The molecule has 30 heavy (non-hydrogen) atoms. The summed E-state index contributed by atoms with van der Waals surface area (Å²) in [7, 11) is 1.84. The molecule has 8 heteroatoms. The summed E-state index contributed by atoms with van der Waals surface area (Å²) < 4.78 is 38.5. The second kappa shape index (κ2) is 12.1. The number of hydrogen-bond donors (Lipinski definition) is 2. The van der Waals surface area contributed by atoms with Crippen molar-refractivity contribution in [1.82, 2.24) is 10.6 Å². The SMILES string of the molecule is C=C/N=C1/NC=CC1C(C)/C(C)=C(\CNC)C(=C)CC/N=C\C(=C/N=C)C(F)(F)F. The van der Waals surface area contributed by atoms with Gasteiger partial charge in [0.1, 0.15) is 5.84 Å². The Morgan fingerprint density at radius 3 is 2.67 bits per heavy atom. The van der Waals surface area contributed by atoms with Crippen molar-refractivity contribution in [3.63, 3.8) is 0 Å². The molecule has 2 unspecified atom stereocenters. The third-order valence-corrected chi connectivity index (χ3v) is 4.89. The largest absolute Gasteiger partial charge is 0.419 e. The minimum Gasteiger partial charge on any atom is -0.350 e. The third kappa shape index (κ3) is 7.26. The number of nitrogens with zero attached hydrogens (tertiary/aromatic N) is 3. The monoisotopic (exact) mass is 421 g/mol. The van der Waals surface area contributed by atoms with E-state index in [0.717, 1.165) is 28.8 Å². The Morgan fingerprint density at radius 2 is 2.10 bits per heavy atom. The van der Waals surface area contributed by atoms with Crippen LogP contribution in [0.5, 0.6) is 0 Å².